The van der Waals surface area contributed by atoms with Crippen molar-refractivity contribution in [2.75, 3.05) is 9.80 Å². The molecule has 2 nitrogen and oxygen atoms in total. The van der Waals surface area contributed by atoms with Gasteiger partial charge in [-0.1, -0.05) is 100 Å². The second kappa shape index (κ2) is 13.9. The SMILES string of the molecule is CC(C)c1ccc(N(c2cccc(C(F)(F)F)c2)c2cc3cccc4c(N(c5ccc(C(C)C)cc5)c5cccc(C(F)(F)F)c5)cc5cccc2c5c34)cc1. The lowest BCUT2D eigenvalue weighted by atomic mass is 9.90. The fourth-order valence-electron chi connectivity index (χ4n) is 7.70. The lowest BCUT2D eigenvalue weighted by Crippen LogP contribution is -2.14. The quantitative estimate of drug-likeness (QED) is 0.113. The van der Waals surface area contributed by atoms with Crippen molar-refractivity contribution in [1.29, 1.82) is 0 Å². The van der Waals surface area contributed by atoms with Gasteiger partial charge < -0.3 is 9.80 Å². The molecule has 0 amide bonds. The van der Waals surface area contributed by atoms with Crippen LogP contribution in [0.3, 0.4) is 0 Å². The van der Waals surface area contributed by atoms with Crippen LogP contribution in [-0.2, 0) is 12.4 Å². The molecule has 0 bridgehead atoms. The summed E-state index contributed by atoms with van der Waals surface area (Å²) in [6.45, 7) is 8.35. The van der Waals surface area contributed by atoms with E-state index in [1.807, 2.05) is 107 Å². The van der Waals surface area contributed by atoms with Crippen LogP contribution in [0.4, 0.5) is 60.5 Å². The van der Waals surface area contributed by atoms with Gasteiger partial charge in [0.2, 0.25) is 0 Å². The summed E-state index contributed by atoms with van der Waals surface area (Å²) in [5.41, 5.74) is 4.19. The standard InChI is InChI=1S/C48H38F6N2/c1-29(2)31-17-21-37(22-18-31)55(39-13-7-11-35(27-39)47(49,50)51)43-25-33-9-6-16-42-44(26-34-10-5-15-41(43)45(34)46(33)42)56(38-23-19-32(20-24-38)30(3)4)40-14-8-12-36(28-40)48(52,53)54/h5-30H,1-4H3. The summed E-state index contributed by atoms with van der Waals surface area (Å²) in [5.74, 6) is 0.520. The smallest absolute Gasteiger partial charge is 0.310 e. The van der Waals surface area contributed by atoms with Crippen LogP contribution >= 0.6 is 0 Å². The van der Waals surface area contributed by atoms with Gasteiger partial charge in [0, 0.05) is 33.5 Å². The van der Waals surface area contributed by atoms with Crippen LogP contribution in [0.2, 0.25) is 0 Å². The van der Waals surface area contributed by atoms with Gasteiger partial charge in [0.15, 0.2) is 0 Å². The Morgan fingerprint density at radius 3 is 1.09 bits per heavy atom. The Hall–Kier alpha value is -6.02. The first-order chi connectivity index (χ1) is 26.7. The summed E-state index contributed by atoms with van der Waals surface area (Å²) < 4.78 is 84.9. The van der Waals surface area contributed by atoms with Gasteiger partial charge in [-0.05, 0) is 117 Å². The lowest BCUT2D eigenvalue weighted by Gasteiger charge is -2.31. The summed E-state index contributed by atoms with van der Waals surface area (Å²) >= 11 is 0. The first-order valence-corrected chi connectivity index (χ1v) is 18.5. The van der Waals surface area contributed by atoms with E-state index in [2.05, 4.69) is 27.7 Å². The van der Waals surface area contributed by atoms with E-state index in [1.54, 1.807) is 12.1 Å². The zero-order valence-corrected chi connectivity index (χ0v) is 31.2. The highest BCUT2D eigenvalue weighted by molar-refractivity contribution is 6.29. The van der Waals surface area contributed by atoms with E-state index in [0.29, 0.717) is 34.1 Å². The van der Waals surface area contributed by atoms with E-state index in [-0.39, 0.29) is 11.8 Å². The Morgan fingerprint density at radius 1 is 0.393 bits per heavy atom. The van der Waals surface area contributed by atoms with Crippen LogP contribution in [0.15, 0.2) is 146 Å². The monoisotopic (exact) mass is 756 g/mol. The predicted octanol–water partition coefficient (Wildman–Crippen LogP) is 15.8. The molecule has 56 heavy (non-hydrogen) atoms. The summed E-state index contributed by atoms with van der Waals surface area (Å²) in [5, 5.41) is 5.09. The molecular weight excluding hydrogens is 719 g/mol. The third-order valence-corrected chi connectivity index (χ3v) is 10.6. The molecule has 0 aliphatic rings. The first kappa shape index (κ1) is 36.9. The molecule has 8 aromatic rings. The largest absolute Gasteiger partial charge is 0.416 e. The van der Waals surface area contributed by atoms with E-state index >= 15 is 0 Å². The average molecular weight is 757 g/mol. The molecule has 0 aliphatic heterocycles. The van der Waals surface area contributed by atoms with Crippen LogP contribution in [0, 0.1) is 0 Å². The molecule has 0 aliphatic carbocycles. The summed E-state index contributed by atoms with van der Waals surface area (Å²) in [6.07, 6.45) is -9.08. The molecule has 0 atom stereocenters. The highest BCUT2D eigenvalue weighted by Crippen LogP contribution is 2.50. The predicted molar refractivity (Wildman–Crippen MR) is 218 cm³/mol. The number of nitrogens with zero attached hydrogens (tertiary/aromatic N) is 2. The first-order valence-electron chi connectivity index (χ1n) is 18.5. The summed E-state index contributed by atoms with van der Waals surface area (Å²) in [7, 11) is 0. The van der Waals surface area contributed by atoms with Gasteiger partial charge in [0.05, 0.1) is 22.5 Å². The zero-order chi connectivity index (χ0) is 39.5. The Balaban J connectivity index is 1.40. The molecule has 0 saturated heterocycles. The number of anilines is 6. The van der Waals surface area contributed by atoms with Crippen molar-refractivity contribution in [2.24, 2.45) is 0 Å². The molecule has 0 aromatic heterocycles. The Morgan fingerprint density at radius 2 is 0.750 bits per heavy atom. The summed E-state index contributed by atoms with van der Waals surface area (Å²) in [6, 6.07) is 42.2. The van der Waals surface area contributed by atoms with Crippen molar-refractivity contribution >= 4 is 66.4 Å². The maximum atomic E-state index is 14.1. The third-order valence-electron chi connectivity index (χ3n) is 10.6. The molecule has 8 aromatic carbocycles. The average Bonchev–Trinajstić information content (AvgIpc) is 3.17. The van der Waals surface area contributed by atoms with Crippen LogP contribution in [0.25, 0.3) is 32.3 Å². The van der Waals surface area contributed by atoms with Crippen molar-refractivity contribution in [3.63, 3.8) is 0 Å². The molecule has 8 heteroatoms. The molecule has 0 radical (unpaired) electrons. The maximum absolute atomic E-state index is 14.1. The second-order valence-electron chi connectivity index (χ2n) is 14.9. The molecule has 0 saturated carbocycles. The molecule has 0 spiro atoms. The van der Waals surface area contributed by atoms with E-state index in [1.165, 1.54) is 24.3 Å². The van der Waals surface area contributed by atoms with Gasteiger partial charge >= 0.3 is 12.4 Å². The fraction of sp³-hybridized carbons (Fsp3) is 0.167. The molecule has 0 heterocycles. The number of halogens is 6. The van der Waals surface area contributed by atoms with Crippen molar-refractivity contribution in [1.82, 2.24) is 0 Å². The lowest BCUT2D eigenvalue weighted by molar-refractivity contribution is -0.138. The summed E-state index contributed by atoms with van der Waals surface area (Å²) in [4.78, 5) is 3.74. The van der Waals surface area contributed by atoms with Crippen molar-refractivity contribution in [2.45, 2.75) is 51.9 Å². The van der Waals surface area contributed by atoms with Gasteiger partial charge in [-0.15, -0.1) is 0 Å². The highest BCUT2D eigenvalue weighted by Gasteiger charge is 2.33. The molecular formula is C48H38F6N2. The minimum atomic E-state index is -4.54. The molecule has 0 unspecified atom stereocenters. The van der Waals surface area contributed by atoms with Crippen LogP contribution in [0.1, 0.15) is 61.8 Å². The number of rotatable bonds is 8. The van der Waals surface area contributed by atoms with Crippen LogP contribution < -0.4 is 9.80 Å². The highest BCUT2D eigenvalue weighted by atomic mass is 19.4. The Labute approximate surface area is 321 Å². The van der Waals surface area contributed by atoms with E-state index in [0.717, 1.165) is 55.6 Å². The van der Waals surface area contributed by atoms with Gasteiger partial charge in [0.25, 0.3) is 0 Å². The number of hydrogen-bond donors (Lipinski definition) is 0. The van der Waals surface area contributed by atoms with Crippen molar-refractivity contribution < 1.29 is 26.3 Å². The minimum absolute atomic E-state index is 0.260. The third kappa shape index (κ3) is 6.67. The molecule has 282 valence electrons. The van der Waals surface area contributed by atoms with Crippen molar-refractivity contribution in [3.05, 3.63) is 168 Å². The van der Waals surface area contributed by atoms with Gasteiger partial charge in [0.1, 0.15) is 0 Å². The normalized spacial score (nSPS) is 12.4. The van der Waals surface area contributed by atoms with Crippen LogP contribution in [-0.4, -0.2) is 0 Å². The minimum Gasteiger partial charge on any atom is -0.310 e. The topological polar surface area (TPSA) is 6.48 Å². The number of hydrogen-bond acceptors (Lipinski definition) is 2. The number of benzene rings is 8. The fourth-order valence-corrected chi connectivity index (χ4v) is 7.70. The Bertz CT molecular complexity index is 2490. The van der Waals surface area contributed by atoms with E-state index < -0.39 is 23.5 Å². The van der Waals surface area contributed by atoms with Gasteiger partial charge in [-0.2, -0.15) is 26.3 Å². The molecule has 0 fully saturated rings. The van der Waals surface area contributed by atoms with E-state index in [9.17, 15) is 26.3 Å². The Kier molecular flexibility index (Phi) is 9.18. The number of alkyl halides is 6. The van der Waals surface area contributed by atoms with Gasteiger partial charge in [-0.3, -0.25) is 0 Å². The van der Waals surface area contributed by atoms with Gasteiger partial charge in [-0.25, -0.2) is 0 Å². The molecule has 8 rings (SSSR count). The zero-order valence-electron chi connectivity index (χ0n) is 31.2. The second-order valence-corrected chi connectivity index (χ2v) is 14.9. The maximum Gasteiger partial charge on any atom is 0.416 e. The van der Waals surface area contributed by atoms with Crippen LogP contribution in [0.5, 0.6) is 0 Å². The van der Waals surface area contributed by atoms with E-state index in [4.69, 9.17) is 0 Å². The van der Waals surface area contributed by atoms with Crippen molar-refractivity contribution in [3.8, 4) is 0 Å². The molecule has 0 N–H and O–H groups in total.